The molecule has 0 fully saturated rings. The second kappa shape index (κ2) is 6.66. The number of rotatable bonds is 3. The summed E-state index contributed by atoms with van der Waals surface area (Å²) in [5, 5.41) is 0. The molecule has 2 N–H and O–H groups in total. The highest BCUT2D eigenvalue weighted by Gasteiger charge is 2.22. The van der Waals surface area contributed by atoms with Crippen LogP contribution in [0.2, 0.25) is 0 Å². The van der Waals surface area contributed by atoms with Crippen LogP contribution in [-0.4, -0.2) is 25.0 Å². The minimum absolute atomic E-state index is 0.0521. The lowest BCUT2D eigenvalue weighted by molar-refractivity contribution is 0.0997. The summed E-state index contributed by atoms with van der Waals surface area (Å²) in [7, 11) is 1.51. The minimum Gasteiger partial charge on any atom is -0.364 e. The Morgan fingerprint density at radius 2 is 1.72 bits per heavy atom. The van der Waals surface area contributed by atoms with Gasteiger partial charge in [0.25, 0.3) is 5.91 Å². The second-order valence-corrected chi connectivity index (χ2v) is 6.88. The maximum atomic E-state index is 13.4. The summed E-state index contributed by atoms with van der Waals surface area (Å²) in [6.45, 7) is 3.95. The molecular formula is C21H18FN5O2. The Labute approximate surface area is 165 Å². The predicted molar refractivity (Wildman–Crippen MR) is 107 cm³/mol. The van der Waals surface area contributed by atoms with Crippen LogP contribution in [0.3, 0.4) is 0 Å². The molecule has 0 atom stereocenters. The first-order chi connectivity index (χ1) is 13.8. The Morgan fingerprint density at radius 3 is 2.34 bits per heavy atom. The molecule has 29 heavy (non-hydrogen) atoms. The molecule has 2 heterocycles. The Morgan fingerprint density at radius 1 is 1.03 bits per heavy atom. The molecule has 0 aliphatic carbocycles. The van der Waals surface area contributed by atoms with E-state index in [4.69, 9.17) is 5.73 Å². The molecule has 0 saturated carbocycles. The zero-order chi connectivity index (χ0) is 20.9. The number of aromatic nitrogens is 4. The highest BCUT2D eigenvalue weighted by atomic mass is 19.1. The second-order valence-electron chi connectivity index (χ2n) is 6.88. The van der Waals surface area contributed by atoms with E-state index in [2.05, 4.69) is 9.97 Å². The van der Waals surface area contributed by atoms with Crippen molar-refractivity contribution in [3.8, 4) is 17.1 Å². The van der Waals surface area contributed by atoms with Crippen molar-refractivity contribution in [2.75, 3.05) is 0 Å². The van der Waals surface area contributed by atoms with Crippen molar-refractivity contribution in [3.05, 3.63) is 75.6 Å². The number of nitrogens with two attached hydrogens (primary N) is 1. The van der Waals surface area contributed by atoms with Crippen molar-refractivity contribution < 1.29 is 9.18 Å². The van der Waals surface area contributed by atoms with Crippen LogP contribution in [0.25, 0.3) is 28.2 Å². The number of primary amides is 1. The van der Waals surface area contributed by atoms with Crippen LogP contribution >= 0.6 is 0 Å². The predicted octanol–water partition coefficient (Wildman–Crippen LogP) is 2.64. The lowest BCUT2D eigenvalue weighted by atomic mass is 10.1. The number of fused-ring (bicyclic) bond motifs is 1. The number of benzene rings is 2. The van der Waals surface area contributed by atoms with Gasteiger partial charge in [-0.1, -0.05) is 12.1 Å². The van der Waals surface area contributed by atoms with Gasteiger partial charge in [0.2, 0.25) is 0 Å². The molecule has 2 aromatic carbocycles. The number of hydrogen-bond acceptors (Lipinski definition) is 4. The summed E-state index contributed by atoms with van der Waals surface area (Å²) in [5.74, 6) is -0.921. The average Bonchev–Trinajstić information content (AvgIpc) is 2.94. The first-order valence-electron chi connectivity index (χ1n) is 8.90. The molecule has 0 bridgehead atoms. The third-order valence-electron chi connectivity index (χ3n) is 4.97. The minimum atomic E-state index is -0.769. The molecule has 0 spiro atoms. The maximum Gasteiger partial charge on any atom is 0.334 e. The van der Waals surface area contributed by atoms with Crippen molar-refractivity contribution in [2.24, 2.45) is 12.8 Å². The molecule has 4 aromatic rings. The quantitative estimate of drug-likeness (QED) is 0.581. The molecule has 8 heteroatoms. The summed E-state index contributed by atoms with van der Waals surface area (Å²) < 4.78 is 15.9. The number of carbonyl (C=O) groups excluding carboxylic acids is 1. The Bertz CT molecular complexity index is 1340. The van der Waals surface area contributed by atoms with Crippen LogP contribution < -0.4 is 11.4 Å². The normalized spacial score (nSPS) is 11.2. The van der Waals surface area contributed by atoms with E-state index in [0.29, 0.717) is 11.3 Å². The van der Waals surface area contributed by atoms with Crippen molar-refractivity contribution in [1.82, 2.24) is 19.1 Å². The van der Waals surface area contributed by atoms with E-state index in [-0.39, 0.29) is 22.7 Å². The molecule has 0 aliphatic rings. The first-order valence-corrected chi connectivity index (χ1v) is 8.90. The third kappa shape index (κ3) is 2.98. The van der Waals surface area contributed by atoms with Gasteiger partial charge in [-0.15, -0.1) is 0 Å². The topological polar surface area (TPSA) is 95.8 Å². The summed E-state index contributed by atoms with van der Waals surface area (Å²) >= 11 is 0. The van der Waals surface area contributed by atoms with E-state index in [1.165, 1.54) is 40.4 Å². The fraction of sp³-hybridized carbons (Fsp3) is 0.143. The van der Waals surface area contributed by atoms with Crippen molar-refractivity contribution in [1.29, 1.82) is 0 Å². The van der Waals surface area contributed by atoms with Crippen molar-refractivity contribution >= 4 is 17.1 Å². The summed E-state index contributed by atoms with van der Waals surface area (Å²) in [4.78, 5) is 34.0. The van der Waals surface area contributed by atoms with E-state index < -0.39 is 17.4 Å². The van der Waals surface area contributed by atoms with Crippen molar-refractivity contribution in [2.45, 2.75) is 13.8 Å². The van der Waals surface area contributed by atoms with E-state index in [1.54, 1.807) is 0 Å². The van der Waals surface area contributed by atoms with Gasteiger partial charge in [0.05, 0.1) is 5.69 Å². The van der Waals surface area contributed by atoms with Gasteiger partial charge in [0, 0.05) is 12.6 Å². The summed E-state index contributed by atoms with van der Waals surface area (Å²) in [6, 6.07) is 11.1. The van der Waals surface area contributed by atoms with Crippen LogP contribution in [0.15, 0.2) is 47.3 Å². The van der Waals surface area contributed by atoms with E-state index >= 15 is 0 Å². The molecule has 0 saturated heterocycles. The fourth-order valence-electron chi connectivity index (χ4n) is 3.25. The Kier molecular flexibility index (Phi) is 4.26. The third-order valence-corrected chi connectivity index (χ3v) is 4.97. The molecule has 0 unspecified atom stereocenters. The van der Waals surface area contributed by atoms with Gasteiger partial charge in [0.15, 0.2) is 17.2 Å². The molecule has 4 rings (SSSR count). The Balaban J connectivity index is 2.10. The first kappa shape index (κ1) is 18.5. The highest BCUT2D eigenvalue weighted by molar-refractivity contribution is 6.02. The number of nitrogens with zero attached hydrogens (tertiary/aromatic N) is 4. The van der Waals surface area contributed by atoms with Gasteiger partial charge in [-0.05, 0) is 55.3 Å². The monoisotopic (exact) mass is 391 g/mol. The number of carbonyl (C=O) groups is 1. The molecule has 2 aromatic heterocycles. The maximum absolute atomic E-state index is 13.4. The van der Waals surface area contributed by atoms with E-state index in [9.17, 15) is 14.0 Å². The Hall–Kier alpha value is -3.81. The van der Waals surface area contributed by atoms with Crippen molar-refractivity contribution in [3.63, 3.8) is 0 Å². The zero-order valence-electron chi connectivity index (χ0n) is 16.1. The lowest BCUT2D eigenvalue weighted by Gasteiger charge is -2.08. The highest BCUT2D eigenvalue weighted by Crippen LogP contribution is 2.24. The van der Waals surface area contributed by atoms with Crippen LogP contribution in [0.4, 0.5) is 4.39 Å². The van der Waals surface area contributed by atoms with Gasteiger partial charge in [0.1, 0.15) is 11.3 Å². The smallest absolute Gasteiger partial charge is 0.334 e. The lowest BCUT2D eigenvalue weighted by Crippen LogP contribution is -2.21. The number of imidazole rings is 1. The number of halogens is 1. The van der Waals surface area contributed by atoms with Crippen LogP contribution in [0.1, 0.15) is 21.6 Å². The van der Waals surface area contributed by atoms with Crippen LogP contribution in [0.5, 0.6) is 0 Å². The largest absolute Gasteiger partial charge is 0.364 e. The zero-order valence-corrected chi connectivity index (χ0v) is 16.1. The summed E-state index contributed by atoms with van der Waals surface area (Å²) in [5.41, 5.74) is 8.77. The molecule has 146 valence electrons. The number of amides is 1. The standard InChI is InChI=1S/C21H18FN5O2/c1-11-4-5-13(10-12(11)2)19-24-16(18(23)28)17-20(25-19)27(21(29)26(17)3)15-8-6-14(22)7-9-15/h4-10H,1-3H3,(H2,23,28). The average molecular weight is 391 g/mol. The number of hydrogen-bond donors (Lipinski definition) is 1. The number of aryl methyl sites for hydroxylation is 3. The summed E-state index contributed by atoms with van der Waals surface area (Å²) in [6.07, 6.45) is 0. The van der Waals surface area contributed by atoms with Crippen LogP contribution in [0, 0.1) is 19.7 Å². The van der Waals surface area contributed by atoms with E-state index in [0.717, 1.165) is 11.1 Å². The van der Waals surface area contributed by atoms with Gasteiger partial charge >= 0.3 is 5.69 Å². The van der Waals surface area contributed by atoms with Gasteiger partial charge in [-0.3, -0.25) is 9.36 Å². The van der Waals surface area contributed by atoms with Gasteiger partial charge < -0.3 is 5.73 Å². The molecule has 0 radical (unpaired) electrons. The molecule has 1 amide bonds. The molecule has 7 nitrogen and oxygen atoms in total. The fourth-order valence-corrected chi connectivity index (χ4v) is 3.25. The van der Waals surface area contributed by atoms with Gasteiger partial charge in [-0.2, -0.15) is 0 Å². The SMILES string of the molecule is Cc1ccc(-c2nc(C(N)=O)c3c(n2)n(-c2ccc(F)cc2)c(=O)n3C)cc1C. The molecular weight excluding hydrogens is 373 g/mol. The van der Waals surface area contributed by atoms with E-state index in [1.807, 2.05) is 32.0 Å². The van der Waals surface area contributed by atoms with Crippen LogP contribution in [-0.2, 0) is 7.05 Å². The van der Waals surface area contributed by atoms with Gasteiger partial charge in [-0.25, -0.2) is 23.7 Å². The molecule has 0 aliphatic heterocycles.